The summed E-state index contributed by atoms with van der Waals surface area (Å²) in [6, 6.07) is 12.2. The van der Waals surface area contributed by atoms with Gasteiger partial charge in [-0.2, -0.15) is 0 Å². The Balaban J connectivity index is 1.94. The minimum atomic E-state index is -0.469. The molecular weight excluding hydrogens is 316 g/mol. The summed E-state index contributed by atoms with van der Waals surface area (Å²) in [6.45, 7) is 4.08. The molecule has 1 N–H and O–H groups in total. The van der Waals surface area contributed by atoms with E-state index in [-0.39, 0.29) is 6.10 Å². The Morgan fingerprint density at radius 1 is 1.15 bits per heavy atom. The van der Waals surface area contributed by atoms with Crippen LogP contribution in [0.3, 0.4) is 0 Å². The van der Waals surface area contributed by atoms with Gasteiger partial charge in [-0.3, -0.25) is 0 Å². The SMILES string of the molecule is Cc1ccc2c(c1)[C@H](O)CC(c1ccc(C)c(Br)c1)O2. The molecule has 0 aromatic heterocycles. The van der Waals surface area contributed by atoms with Crippen molar-refractivity contribution in [3.05, 3.63) is 63.1 Å². The lowest BCUT2D eigenvalue weighted by molar-refractivity contribution is 0.0656. The van der Waals surface area contributed by atoms with Crippen LogP contribution in [0.1, 0.15) is 40.9 Å². The van der Waals surface area contributed by atoms with E-state index in [9.17, 15) is 5.11 Å². The number of aryl methyl sites for hydroxylation is 2. The fourth-order valence-corrected chi connectivity index (χ4v) is 2.98. The van der Waals surface area contributed by atoms with Crippen molar-refractivity contribution >= 4 is 15.9 Å². The highest BCUT2D eigenvalue weighted by molar-refractivity contribution is 9.10. The highest BCUT2D eigenvalue weighted by Gasteiger charge is 2.28. The molecule has 20 heavy (non-hydrogen) atoms. The maximum absolute atomic E-state index is 10.3. The molecule has 0 saturated carbocycles. The molecule has 0 aliphatic carbocycles. The molecule has 1 heterocycles. The van der Waals surface area contributed by atoms with Crippen molar-refractivity contribution in [2.45, 2.75) is 32.5 Å². The van der Waals surface area contributed by atoms with Crippen LogP contribution in [-0.4, -0.2) is 5.11 Å². The average Bonchev–Trinajstić information content (AvgIpc) is 2.42. The van der Waals surface area contributed by atoms with Crippen LogP contribution >= 0.6 is 15.9 Å². The molecule has 3 rings (SSSR count). The lowest BCUT2D eigenvalue weighted by Crippen LogP contribution is -2.19. The number of halogens is 1. The summed E-state index contributed by atoms with van der Waals surface area (Å²) >= 11 is 3.55. The van der Waals surface area contributed by atoms with E-state index in [4.69, 9.17) is 4.74 Å². The summed E-state index contributed by atoms with van der Waals surface area (Å²) < 4.78 is 7.13. The van der Waals surface area contributed by atoms with Gasteiger partial charge in [0.15, 0.2) is 0 Å². The first-order chi connectivity index (χ1) is 9.54. The number of aliphatic hydroxyl groups excluding tert-OH is 1. The Kier molecular flexibility index (Phi) is 3.57. The van der Waals surface area contributed by atoms with Crippen LogP contribution in [0, 0.1) is 13.8 Å². The van der Waals surface area contributed by atoms with Crippen LogP contribution in [0.5, 0.6) is 5.75 Å². The molecule has 0 bridgehead atoms. The van der Waals surface area contributed by atoms with Gasteiger partial charge < -0.3 is 9.84 Å². The van der Waals surface area contributed by atoms with E-state index in [0.29, 0.717) is 6.42 Å². The Labute approximate surface area is 127 Å². The molecule has 104 valence electrons. The first-order valence-electron chi connectivity index (χ1n) is 6.76. The second-order valence-electron chi connectivity index (χ2n) is 5.41. The van der Waals surface area contributed by atoms with Gasteiger partial charge in [-0.05, 0) is 43.2 Å². The Morgan fingerprint density at radius 3 is 2.70 bits per heavy atom. The van der Waals surface area contributed by atoms with Crippen LogP contribution < -0.4 is 4.74 Å². The highest BCUT2D eigenvalue weighted by atomic mass is 79.9. The van der Waals surface area contributed by atoms with Crippen LogP contribution in [-0.2, 0) is 0 Å². The zero-order valence-electron chi connectivity index (χ0n) is 11.6. The minimum absolute atomic E-state index is 0.0999. The number of rotatable bonds is 1. The lowest BCUT2D eigenvalue weighted by Gasteiger charge is -2.30. The third-order valence-corrected chi connectivity index (χ3v) is 4.65. The first-order valence-corrected chi connectivity index (χ1v) is 7.55. The van der Waals surface area contributed by atoms with E-state index in [1.165, 1.54) is 5.56 Å². The molecule has 0 fully saturated rings. The number of ether oxygens (including phenoxy) is 1. The fourth-order valence-electron chi connectivity index (χ4n) is 2.58. The van der Waals surface area contributed by atoms with Gasteiger partial charge in [0.1, 0.15) is 11.9 Å². The summed E-state index contributed by atoms with van der Waals surface area (Å²) in [5.41, 5.74) is 4.32. The van der Waals surface area contributed by atoms with E-state index in [1.807, 2.05) is 25.1 Å². The largest absolute Gasteiger partial charge is 0.485 e. The van der Waals surface area contributed by atoms with Crippen LogP contribution in [0.2, 0.25) is 0 Å². The summed E-state index contributed by atoms with van der Waals surface area (Å²) in [6.07, 6.45) is 0.0206. The normalized spacial score (nSPS) is 21.2. The molecule has 2 aromatic carbocycles. The molecule has 1 aliphatic rings. The van der Waals surface area contributed by atoms with Crippen LogP contribution in [0.25, 0.3) is 0 Å². The van der Waals surface area contributed by atoms with E-state index in [1.54, 1.807) is 0 Å². The number of hydrogen-bond donors (Lipinski definition) is 1. The number of aliphatic hydroxyl groups is 1. The standard InChI is InChI=1S/C17H17BrO2/c1-10-3-6-16-13(7-10)15(19)9-17(20-16)12-5-4-11(2)14(18)8-12/h3-8,15,17,19H,9H2,1-2H3/t15-,17?/m1/s1. The van der Waals surface area contributed by atoms with Crippen molar-refractivity contribution in [1.29, 1.82) is 0 Å². The summed E-state index contributed by atoms with van der Waals surface area (Å²) in [4.78, 5) is 0. The third kappa shape index (κ3) is 2.48. The van der Waals surface area contributed by atoms with E-state index < -0.39 is 6.10 Å². The van der Waals surface area contributed by atoms with E-state index in [2.05, 4.69) is 41.1 Å². The van der Waals surface area contributed by atoms with Gasteiger partial charge in [-0.1, -0.05) is 39.7 Å². The van der Waals surface area contributed by atoms with E-state index in [0.717, 1.165) is 26.9 Å². The number of fused-ring (bicyclic) bond motifs is 1. The van der Waals surface area contributed by atoms with Crippen molar-refractivity contribution in [2.75, 3.05) is 0 Å². The molecule has 1 unspecified atom stereocenters. The van der Waals surface area contributed by atoms with Crippen molar-refractivity contribution in [1.82, 2.24) is 0 Å². The zero-order valence-corrected chi connectivity index (χ0v) is 13.1. The molecule has 0 spiro atoms. The zero-order chi connectivity index (χ0) is 14.3. The first kappa shape index (κ1) is 13.7. The lowest BCUT2D eigenvalue weighted by atomic mass is 9.94. The monoisotopic (exact) mass is 332 g/mol. The van der Waals surface area contributed by atoms with Gasteiger partial charge in [-0.15, -0.1) is 0 Å². The molecule has 2 nitrogen and oxygen atoms in total. The molecule has 0 radical (unpaired) electrons. The van der Waals surface area contributed by atoms with Gasteiger partial charge in [-0.25, -0.2) is 0 Å². The second-order valence-corrected chi connectivity index (χ2v) is 6.26. The number of benzene rings is 2. The van der Waals surface area contributed by atoms with Crippen molar-refractivity contribution in [2.24, 2.45) is 0 Å². The van der Waals surface area contributed by atoms with Gasteiger partial charge in [0.05, 0.1) is 6.10 Å². The highest BCUT2D eigenvalue weighted by Crippen LogP contribution is 2.41. The van der Waals surface area contributed by atoms with Gasteiger partial charge in [0.2, 0.25) is 0 Å². The van der Waals surface area contributed by atoms with Crippen molar-refractivity contribution in [3.63, 3.8) is 0 Å². The molecule has 1 aliphatic heterocycles. The minimum Gasteiger partial charge on any atom is -0.485 e. The average molecular weight is 333 g/mol. The molecule has 2 atom stereocenters. The van der Waals surface area contributed by atoms with E-state index >= 15 is 0 Å². The summed E-state index contributed by atoms with van der Waals surface area (Å²) in [5.74, 6) is 0.788. The summed E-state index contributed by atoms with van der Waals surface area (Å²) in [7, 11) is 0. The predicted octanol–water partition coefficient (Wildman–Crippen LogP) is 4.62. The van der Waals surface area contributed by atoms with Crippen LogP contribution in [0.15, 0.2) is 40.9 Å². The maximum Gasteiger partial charge on any atom is 0.127 e. The third-order valence-electron chi connectivity index (χ3n) is 3.80. The van der Waals surface area contributed by atoms with Crippen molar-refractivity contribution < 1.29 is 9.84 Å². The molecule has 3 heteroatoms. The summed E-state index contributed by atoms with van der Waals surface area (Å²) in [5, 5.41) is 10.3. The maximum atomic E-state index is 10.3. The predicted molar refractivity (Wildman–Crippen MR) is 83.0 cm³/mol. The molecular formula is C17H17BrO2. The quantitative estimate of drug-likeness (QED) is 0.825. The molecule has 0 amide bonds. The molecule has 0 saturated heterocycles. The van der Waals surface area contributed by atoms with Gasteiger partial charge >= 0.3 is 0 Å². The van der Waals surface area contributed by atoms with Gasteiger partial charge in [0.25, 0.3) is 0 Å². The molecule has 2 aromatic rings. The number of hydrogen-bond acceptors (Lipinski definition) is 2. The van der Waals surface area contributed by atoms with Gasteiger partial charge in [0, 0.05) is 16.5 Å². The second kappa shape index (κ2) is 5.23. The Morgan fingerprint density at radius 2 is 1.95 bits per heavy atom. The van der Waals surface area contributed by atoms with Crippen molar-refractivity contribution in [3.8, 4) is 5.75 Å². The Bertz CT molecular complexity index is 651. The van der Waals surface area contributed by atoms with Crippen LogP contribution in [0.4, 0.5) is 0 Å². The smallest absolute Gasteiger partial charge is 0.127 e. The fraction of sp³-hybridized carbons (Fsp3) is 0.294. The topological polar surface area (TPSA) is 29.5 Å². The Hall–Kier alpha value is -1.32.